The predicted molar refractivity (Wildman–Crippen MR) is 69.8 cm³/mol. The number of hydrogen-bond acceptors (Lipinski definition) is 6. The zero-order valence-corrected chi connectivity index (χ0v) is 10.0. The lowest BCUT2D eigenvalue weighted by molar-refractivity contribution is 0.549. The van der Waals surface area contributed by atoms with Gasteiger partial charge >= 0.3 is 0 Å². The highest BCUT2D eigenvalue weighted by Crippen LogP contribution is 2.40. The Morgan fingerprint density at radius 3 is 1.69 bits per heavy atom. The summed E-state index contributed by atoms with van der Waals surface area (Å²) < 4.78 is 0. The van der Waals surface area contributed by atoms with E-state index in [1.807, 2.05) is 12.2 Å². The molecule has 0 unspecified atom stereocenters. The van der Waals surface area contributed by atoms with E-state index in [1.54, 1.807) is 24.3 Å². The quantitative estimate of drug-likeness (QED) is 0.722. The fraction of sp³-hybridized carbons (Fsp3) is 0.200. The number of rotatable bonds is 3. The first-order valence-corrected chi connectivity index (χ1v) is 6.90. The highest BCUT2D eigenvalue weighted by molar-refractivity contribution is 8.79. The lowest BCUT2D eigenvalue weighted by Crippen LogP contribution is -2.17. The summed E-state index contributed by atoms with van der Waals surface area (Å²) in [6.07, 6.45) is 10.8. The highest BCUT2D eigenvalue weighted by atomic mass is 33.1. The van der Waals surface area contributed by atoms with Crippen LogP contribution in [0.3, 0.4) is 0 Å². The minimum absolute atomic E-state index is 0.374. The first-order chi connectivity index (χ1) is 7.77. The summed E-state index contributed by atoms with van der Waals surface area (Å²) >= 11 is 0. The van der Waals surface area contributed by atoms with Crippen LogP contribution in [0.2, 0.25) is 0 Å². The van der Waals surface area contributed by atoms with Crippen LogP contribution in [0.15, 0.2) is 46.5 Å². The average molecular weight is 254 g/mol. The third kappa shape index (κ3) is 2.85. The number of allylic oxidation sites excluding steroid dienone is 4. The molecule has 86 valence electrons. The smallest absolute Gasteiger partial charge is 0.0714 e. The topological polar surface area (TPSA) is 52.6 Å². The van der Waals surface area contributed by atoms with Gasteiger partial charge in [0, 0.05) is 13.1 Å². The van der Waals surface area contributed by atoms with Gasteiger partial charge in [-0.1, -0.05) is 24.3 Å². The second-order valence-corrected chi connectivity index (χ2v) is 5.32. The molecule has 0 amide bonds. The molecule has 2 heterocycles. The van der Waals surface area contributed by atoms with Crippen LogP contribution in [0.5, 0.6) is 0 Å². The monoisotopic (exact) mass is 254 g/mol. The van der Waals surface area contributed by atoms with Crippen molar-refractivity contribution in [2.24, 2.45) is 0 Å². The fourth-order valence-electron chi connectivity index (χ4n) is 1.18. The molecule has 0 radical (unpaired) electrons. The maximum Gasteiger partial charge on any atom is 0.0714 e. The van der Waals surface area contributed by atoms with Crippen LogP contribution in [0.4, 0.5) is 0 Å². The van der Waals surface area contributed by atoms with Crippen molar-refractivity contribution in [1.82, 2.24) is 10.1 Å². The molecule has 0 aromatic rings. The summed E-state index contributed by atoms with van der Waals surface area (Å²) in [6, 6.07) is 0. The second-order valence-electron chi connectivity index (χ2n) is 3.15. The lowest BCUT2D eigenvalue weighted by Gasteiger charge is -2.35. The van der Waals surface area contributed by atoms with Crippen LogP contribution in [-0.2, 0) is 0 Å². The van der Waals surface area contributed by atoms with Crippen molar-refractivity contribution in [3.05, 3.63) is 56.9 Å². The average Bonchev–Trinajstić information content (AvgIpc) is 2.30. The van der Waals surface area contributed by atoms with Gasteiger partial charge in [-0.05, 0) is 33.7 Å². The Balaban J connectivity index is 1.92. The Kier molecular flexibility index (Phi) is 4.00. The molecule has 4 nitrogen and oxygen atoms in total. The molecule has 0 atom stereocenters. The van der Waals surface area contributed by atoms with Gasteiger partial charge in [0.05, 0.1) is 10.1 Å². The Morgan fingerprint density at radius 2 is 1.31 bits per heavy atom. The van der Waals surface area contributed by atoms with E-state index in [4.69, 9.17) is 0 Å². The van der Waals surface area contributed by atoms with Gasteiger partial charge in [0.15, 0.2) is 0 Å². The van der Waals surface area contributed by atoms with Crippen LogP contribution < -0.4 is 0 Å². The van der Waals surface area contributed by atoms with Gasteiger partial charge in [0.2, 0.25) is 0 Å². The van der Waals surface area contributed by atoms with Crippen molar-refractivity contribution in [1.29, 1.82) is 0 Å². The van der Waals surface area contributed by atoms with Crippen LogP contribution in [-0.4, -0.2) is 23.2 Å². The first-order valence-electron chi connectivity index (χ1n) is 4.75. The summed E-state index contributed by atoms with van der Waals surface area (Å²) in [5.74, 6) is 0. The zero-order chi connectivity index (χ0) is 11.4. The number of nitrogens with zero attached hydrogens (tertiary/aromatic N) is 2. The van der Waals surface area contributed by atoms with E-state index in [-0.39, 0.29) is 0 Å². The van der Waals surface area contributed by atoms with E-state index in [2.05, 4.69) is 0 Å². The van der Waals surface area contributed by atoms with Crippen molar-refractivity contribution >= 4 is 21.6 Å². The SMILES string of the molecule is [O-]N1CC=CC=C1SSC1=CC=CCN1[O-]. The third-order valence-corrected chi connectivity index (χ3v) is 4.38. The molecular formula is C10H10N2O2S2-2. The molecule has 16 heavy (non-hydrogen) atoms. The molecule has 0 spiro atoms. The van der Waals surface area contributed by atoms with E-state index in [9.17, 15) is 10.4 Å². The molecule has 0 fully saturated rings. The molecule has 0 saturated carbocycles. The molecular weight excluding hydrogens is 244 g/mol. The zero-order valence-electron chi connectivity index (χ0n) is 8.41. The van der Waals surface area contributed by atoms with E-state index in [0.29, 0.717) is 23.1 Å². The summed E-state index contributed by atoms with van der Waals surface area (Å²) in [5.41, 5.74) is 0. The molecule has 0 aliphatic carbocycles. The molecule has 2 rings (SSSR count). The molecule has 0 aromatic carbocycles. The highest BCUT2D eigenvalue weighted by Gasteiger charge is 2.07. The Bertz CT molecular complexity index is 341. The summed E-state index contributed by atoms with van der Waals surface area (Å²) in [7, 11) is 2.62. The molecule has 2 aliphatic heterocycles. The lowest BCUT2D eigenvalue weighted by atomic mass is 10.4. The van der Waals surface area contributed by atoms with Gasteiger partial charge in [-0.2, -0.15) is 0 Å². The van der Waals surface area contributed by atoms with Gasteiger partial charge in [0.25, 0.3) is 0 Å². The maximum absolute atomic E-state index is 11.4. The molecule has 0 saturated heterocycles. The van der Waals surface area contributed by atoms with Crippen molar-refractivity contribution in [2.75, 3.05) is 13.1 Å². The fourth-order valence-corrected chi connectivity index (χ4v) is 3.28. The van der Waals surface area contributed by atoms with Crippen molar-refractivity contribution in [2.45, 2.75) is 0 Å². The summed E-state index contributed by atoms with van der Waals surface area (Å²) in [5, 5.41) is 25.8. The summed E-state index contributed by atoms with van der Waals surface area (Å²) in [4.78, 5) is 0. The molecule has 0 N–H and O–H groups in total. The van der Waals surface area contributed by atoms with Crippen LogP contribution in [0.25, 0.3) is 0 Å². The van der Waals surface area contributed by atoms with Crippen molar-refractivity contribution in [3.63, 3.8) is 0 Å². The Labute approximate surface area is 102 Å². The Hall–Kier alpha value is -0.820. The molecule has 0 bridgehead atoms. The van der Waals surface area contributed by atoms with E-state index < -0.39 is 0 Å². The van der Waals surface area contributed by atoms with E-state index >= 15 is 0 Å². The van der Waals surface area contributed by atoms with Crippen LogP contribution >= 0.6 is 21.6 Å². The third-order valence-electron chi connectivity index (χ3n) is 2.00. The maximum atomic E-state index is 11.4. The van der Waals surface area contributed by atoms with E-state index in [0.717, 1.165) is 10.1 Å². The minimum atomic E-state index is 0.374. The van der Waals surface area contributed by atoms with Crippen molar-refractivity contribution in [3.8, 4) is 0 Å². The van der Waals surface area contributed by atoms with Gasteiger partial charge in [-0.25, -0.2) is 0 Å². The van der Waals surface area contributed by atoms with E-state index in [1.165, 1.54) is 21.6 Å². The number of hydroxylamine groups is 4. The van der Waals surface area contributed by atoms with Gasteiger partial charge < -0.3 is 20.5 Å². The minimum Gasteiger partial charge on any atom is -0.758 e. The van der Waals surface area contributed by atoms with Gasteiger partial charge in [-0.3, -0.25) is 0 Å². The second kappa shape index (κ2) is 5.49. The van der Waals surface area contributed by atoms with Crippen LogP contribution in [0, 0.1) is 10.4 Å². The standard InChI is InChI=1S/C10H10N2O2S2/c13-11-7-3-1-5-9(11)15-16-10-6-2-4-8-12(10)14/h1-6H,7-8H2/q-2. The van der Waals surface area contributed by atoms with Gasteiger partial charge in [-0.15, -0.1) is 0 Å². The Morgan fingerprint density at radius 1 is 0.875 bits per heavy atom. The molecule has 0 aromatic heterocycles. The molecule has 2 aliphatic rings. The molecule has 6 heteroatoms. The largest absolute Gasteiger partial charge is 0.758 e. The summed E-state index contributed by atoms with van der Waals surface area (Å²) in [6.45, 7) is 0.749. The predicted octanol–water partition coefficient (Wildman–Crippen LogP) is 2.79. The normalized spacial score (nSPS) is 19.9. The number of hydrogen-bond donors (Lipinski definition) is 0. The van der Waals surface area contributed by atoms with Gasteiger partial charge in [0.1, 0.15) is 0 Å². The van der Waals surface area contributed by atoms with Crippen molar-refractivity contribution < 1.29 is 0 Å². The van der Waals surface area contributed by atoms with Crippen LogP contribution in [0.1, 0.15) is 0 Å². The first kappa shape index (κ1) is 11.7.